The summed E-state index contributed by atoms with van der Waals surface area (Å²) >= 11 is 2.97. The number of carbonyl (C=O) groups is 1. The lowest BCUT2D eigenvalue weighted by Crippen LogP contribution is -2.44. The molecule has 0 radical (unpaired) electrons. The van der Waals surface area contributed by atoms with E-state index in [1.54, 1.807) is 12.4 Å². The fraction of sp³-hybridized carbons (Fsp3) is 0.400. The van der Waals surface area contributed by atoms with E-state index in [0.29, 0.717) is 5.13 Å². The highest BCUT2D eigenvalue weighted by Gasteiger charge is 2.22. The molecule has 4 heterocycles. The van der Waals surface area contributed by atoms with Crippen LogP contribution in [-0.2, 0) is 22.5 Å². The number of aromatic nitrogens is 3. The predicted molar refractivity (Wildman–Crippen MR) is 115 cm³/mol. The van der Waals surface area contributed by atoms with Crippen LogP contribution in [0.25, 0.3) is 10.6 Å². The number of hydrogen-bond donors (Lipinski definition) is 1. The molecule has 29 heavy (non-hydrogen) atoms. The summed E-state index contributed by atoms with van der Waals surface area (Å²) in [6, 6.07) is 3.84. The fourth-order valence-corrected chi connectivity index (χ4v) is 4.95. The molecule has 2 unspecified atom stereocenters. The van der Waals surface area contributed by atoms with E-state index in [4.69, 9.17) is 4.74 Å². The van der Waals surface area contributed by atoms with E-state index in [-0.39, 0.29) is 24.5 Å². The summed E-state index contributed by atoms with van der Waals surface area (Å²) in [6.07, 6.45) is 4.19. The van der Waals surface area contributed by atoms with Crippen molar-refractivity contribution in [2.75, 3.05) is 18.4 Å². The van der Waals surface area contributed by atoms with Crippen LogP contribution in [0.4, 0.5) is 5.13 Å². The lowest BCUT2D eigenvalue weighted by atomic mass is 10.2. The fourth-order valence-electron chi connectivity index (χ4n) is 3.42. The Morgan fingerprint density at radius 2 is 2.00 bits per heavy atom. The minimum absolute atomic E-state index is 0.109. The first-order valence-electron chi connectivity index (χ1n) is 9.52. The Balaban J connectivity index is 1.31. The number of thiazole rings is 2. The van der Waals surface area contributed by atoms with Gasteiger partial charge in [-0.1, -0.05) is 0 Å². The predicted octanol–water partition coefficient (Wildman–Crippen LogP) is 3.45. The van der Waals surface area contributed by atoms with Crippen LogP contribution in [-0.4, -0.2) is 51.1 Å². The van der Waals surface area contributed by atoms with E-state index < -0.39 is 0 Å². The van der Waals surface area contributed by atoms with Gasteiger partial charge < -0.3 is 10.1 Å². The molecule has 4 rings (SSSR count). The minimum Gasteiger partial charge on any atom is -0.373 e. The van der Waals surface area contributed by atoms with Crippen LogP contribution in [0.3, 0.4) is 0 Å². The van der Waals surface area contributed by atoms with Crippen LogP contribution in [0.15, 0.2) is 35.3 Å². The van der Waals surface area contributed by atoms with E-state index >= 15 is 0 Å². The number of ether oxygens (including phenoxy) is 1. The summed E-state index contributed by atoms with van der Waals surface area (Å²) in [6.45, 7) is 6.74. The van der Waals surface area contributed by atoms with E-state index in [9.17, 15) is 4.79 Å². The molecule has 0 spiro atoms. The van der Waals surface area contributed by atoms with Gasteiger partial charge in [-0.25, -0.2) is 9.97 Å². The summed E-state index contributed by atoms with van der Waals surface area (Å²) in [5.74, 6) is -0.109. The van der Waals surface area contributed by atoms with Gasteiger partial charge in [0.1, 0.15) is 5.01 Å². The maximum Gasteiger partial charge on any atom is 0.232 e. The van der Waals surface area contributed by atoms with Crippen molar-refractivity contribution in [3.05, 3.63) is 46.7 Å². The van der Waals surface area contributed by atoms with Gasteiger partial charge in [-0.3, -0.25) is 14.7 Å². The molecule has 1 amide bonds. The van der Waals surface area contributed by atoms with Gasteiger partial charge in [0.15, 0.2) is 5.13 Å². The molecule has 152 valence electrons. The topological polar surface area (TPSA) is 80.2 Å². The van der Waals surface area contributed by atoms with Crippen LogP contribution in [0, 0.1) is 0 Å². The number of hydrogen-bond acceptors (Lipinski definition) is 8. The highest BCUT2D eigenvalue weighted by atomic mass is 32.1. The zero-order valence-electron chi connectivity index (χ0n) is 16.4. The standard InChI is InChI=1S/C20H23N5O2S2/c1-13-8-25(9-14(2)27-13)10-17-12-29-20(23-17)24-18(26)6-16-11-28-19(22-16)15-4-3-5-21-7-15/h3-5,7,11-14H,6,8-10H2,1-2H3,(H,23,24,26). The number of rotatable bonds is 6. The summed E-state index contributed by atoms with van der Waals surface area (Å²) in [7, 11) is 0. The number of nitrogens with one attached hydrogen (secondary N) is 1. The largest absolute Gasteiger partial charge is 0.373 e. The molecule has 1 fully saturated rings. The Morgan fingerprint density at radius 1 is 1.21 bits per heavy atom. The molecule has 0 aliphatic carbocycles. The molecule has 2 atom stereocenters. The van der Waals surface area contributed by atoms with Gasteiger partial charge in [0, 0.05) is 48.4 Å². The maximum atomic E-state index is 12.4. The van der Waals surface area contributed by atoms with Crippen LogP contribution in [0.2, 0.25) is 0 Å². The molecular weight excluding hydrogens is 406 g/mol. The smallest absolute Gasteiger partial charge is 0.232 e. The average Bonchev–Trinajstić information content (AvgIpc) is 3.31. The third-order valence-corrected chi connectivity index (χ3v) is 6.23. The Morgan fingerprint density at radius 3 is 2.76 bits per heavy atom. The monoisotopic (exact) mass is 429 g/mol. The minimum atomic E-state index is -0.109. The van der Waals surface area contributed by atoms with E-state index in [2.05, 4.69) is 39.0 Å². The van der Waals surface area contributed by atoms with Crippen molar-refractivity contribution < 1.29 is 9.53 Å². The maximum absolute atomic E-state index is 12.4. The average molecular weight is 430 g/mol. The molecule has 3 aromatic rings. The molecule has 3 aromatic heterocycles. The van der Waals surface area contributed by atoms with Crippen molar-refractivity contribution in [3.8, 4) is 10.6 Å². The number of amides is 1. The van der Waals surface area contributed by atoms with Crippen molar-refractivity contribution >= 4 is 33.7 Å². The molecule has 1 saturated heterocycles. The van der Waals surface area contributed by atoms with Gasteiger partial charge in [-0.15, -0.1) is 22.7 Å². The first-order valence-corrected chi connectivity index (χ1v) is 11.3. The first-order chi connectivity index (χ1) is 14.0. The Kier molecular flexibility index (Phi) is 6.29. The molecule has 0 saturated carbocycles. The zero-order chi connectivity index (χ0) is 20.2. The normalized spacial score (nSPS) is 19.9. The second kappa shape index (κ2) is 9.08. The van der Waals surface area contributed by atoms with Crippen molar-refractivity contribution in [1.82, 2.24) is 19.9 Å². The summed E-state index contributed by atoms with van der Waals surface area (Å²) < 4.78 is 5.77. The molecule has 0 aromatic carbocycles. The quantitative estimate of drug-likeness (QED) is 0.646. The van der Waals surface area contributed by atoms with Crippen LogP contribution in [0.5, 0.6) is 0 Å². The lowest BCUT2D eigenvalue weighted by Gasteiger charge is -2.34. The van der Waals surface area contributed by atoms with Gasteiger partial charge in [0.2, 0.25) is 5.91 Å². The number of anilines is 1. The van der Waals surface area contributed by atoms with Crippen molar-refractivity contribution in [2.45, 2.75) is 39.0 Å². The van der Waals surface area contributed by atoms with E-state index in [1.165, 1.54) is 22.7 Å². The Labute approximate surface area is 177 Å². The lowest BCUT2D eigenvalue weighted by molar-refractivity contribution is -0.115. The van der Waals surface area contributed by atoms with Gasteiger partial charge in [0.05, 0.1) is 30.0 Å². The van der Waals surface area contributed by atoms with Crippen molar-refractivity contribution in [1.29, 1.82) is 0 Å². The molecular formula is C20H23N5O2S2. The second-order valence-electron chi connectivity index (χ2n) is 7.21. The van der Waals surface area contributed by atoms with E-state index in [0.717, 1.165) is 41.6 Å². The molecule has 0 bridgehead atoms. The highest BCUT2D eigenvalue weighted by Crippen LogP contribution is 2.23. The number of nitrogens with zero attached hydrogens (tertiary/aromatic N) is 4. The molecule has 7 nitrogen and oxygen atoms in total. The SMILES string of the molecule is CC1CN(Cc2csc(NC(=O)Cc3csc(-c4cccnc4)n3)n2)CC(C)O1. The Bertz CT molecular complexity index is 949. The molecule has 1 N–H and O–H groups in total. The summed E-state index contributed by atoms with van der Waals surface area (Å²) in [4.78, 5) is 28.0. The van der Waals surface area contributed by atoms with Gasteiger partial charge in [-0.2, -0.15) is 0 Å². The van der Waals surface area contributed by atoms with Gasteiger partial charge in [-0.05, 0) is 26.0 Å². The molecule has 1 aliphatic heterocycles. The number of carbonyl (C=O) groups excluding carboxylic acids is 1. The van der Waals surface area contributed by atoms with Crippen molar-refractivity contribution in [3.63, 3.8) is 0 Å². The molecule has 9 heteroatoms. The second-order valence-corrected chi connectivity index (χ2v) is 8.92. The number of pyridine rings is 1. The summed E-state index contributed by atoms with van der Waals surface area (Å²) in [5.41, 5.74) is 2.68. The van der Waals surface area contributed by atoms with Crippen LogP contribution >= 0.6 is 22.7 Å². The molecule has 1 aliphatic rings. The van der Waals surface area contributed by atoms with Gasteiger partial charge in [0.25, 0.3) is 0 Å². The third kappa shape index (κ3) is 5.45. The Hall–Kier alpha value is -2.20. The first kappa shape index (κ1) is 20.1. The number of morpholine rings is 1. The summed E-state index contributed by atoms with van der Waals surface area (Å²) in [5, 5.41) is 8.30. The highest BCUT2D eigenvalue weighted by molar-refractivity contribution is 7.14. The van der Waals surface area contributed by atoms with Crippen LogP contribution in [0.1, 0.15) is 25.2 Å². The van der Waals surface area contributed by atoms with Crippen LogP contribution < -0.4 is 5.32 Å². The van der Waals surface area contributed by atoms with Crippen molar-refractivity contribution in [2.24, 2.45) is 0 Å². The third-order valence-electron chi connectivity index (χ3n) is 4.48. The van der Waals surface area contributed by atoms with E-state index in [1.807, 2.05) is 22.9 Å². The van der Waals surface area contributed by atoms with Gasteiger partial charge >= 0.3 is 0 Å². The zero-order valence-corrected chi connectivity index (χ0v) is 18.0.